The van der Waals surface area contributed by atoms with Crippen LogP contribution in [0.1, 0.15) is 34.5 Å². The van der Waals surface area contributed by atoms with E-state index in [1.165, 1.54) is 0 Å². The number of amides is 1. The maximum absolute atomic E-state index is 12.8. The molecule has 20 heavy (non-hydrogen) atoms. The van der Waals surface area contributed by atoms with Crippen LogP contribution < -0.4 is 5.32 Å². The summed E-state index contributed by atoms with van der Waals surface area (Å²) in [6.07, 6.45) is -4.34. The van der Waals surface area contributed by atoms with E-state index in [2.05, 4.69) is 17.2 Å². The molecule has 1 aliphatic carbocycles. The van der Waals surface area contributed by atoms with Gasteiger partial charge < -0.3 is 10.4 Å². The van der Waals surface area contributed by atoms with Crippen molar-refractivity contribution in [1.82, 2.24) is 5.32 Å². The number of halogens is 3. The molecule has 1 aromatic heterocycles. The lowest BCUT2D eigenvalue weighted by Crippen LogP contribution is -2.47. The molecule has 1 saturated carbocycles. The number of thiophene rings is 1. The van der Waals surface area contributed by atoms with Gasteiger partial charge in [0.15, 0.2) is 0 Å². The minimum Gasteiger partial charge on any atom is -0.395 e. The number of nitrogens with one attached hydrogen (secondary N) is 1. The fourth-order valence-electron chi connectivity index (χ4n) is 1.68. The highest BCUT2D eigenvalue weighted by Crippen LogP contribution is 2.49. The number of alkyl halides is 3. The lowest BCUT2D eigenvalue weighted by atomic mass is 10.2. The lowest BCUT2D eigenvalue weighted by molar-refractivity contribution is -0.163. The molecular formula is C13H12F3NO2S. The normalized spacial score (nSPS) is 16.2. The van der Waals surface area contributed by atoms with Gasteiger partial charge >= 0.3 is 6.18 Å². The summed E-state index contributed by atoms with van der Waals surface area (Å²) >= 11 is 1.05. The Bertz CT molecular complexity index is 564. The minimum absolute atomic E-state index is 0.0842. The van der Waals surface area contributed by atoms with Crippen molar-refractivity contribution in [3.8, 4) is 11.8 Å². The van der Waals surface area contributed by atoms with Crippen molar-refractivity contribution >= 4 is 17.2 Å². The van der Waals surface area contributed by atoms with Crippen molar-refractivity contribution in [1.29, 1.82) is 0 Å². The third-order valence-electron chi connectivity index (χ3n) is 2.98. The Hall–Kier alpha value is -1.52. The van der Waals surface area contributed by atoms with Crippen molar-refractivity contribution < 1.29 is 23.1 Å². The molecule has 1 fully saturated rings. The summed E-state index contributed by atoms with van der Waals surface area (Å²) in [5.74, 6) is 4.58. The van der Waals surface area contributed by atoms with Crippen LogP contribution in [0.4, 0.5) is 13.2 Å². The van der Waals surface area contributed by atoms with Gasteiger partial charge in [0.1, 0.15) is 10.4 Å². The predicted octanol–water partition coefficient (Wildman–Crippen LogP) is 2.31. The van der Waals surface area contributed by atoms with E-state index in [0.717, 1.165) is 11.3 Å². The number of carbonyl (C=O) groups excluding carboxylic acids is 1. The number of hydrogen-bond donors (Lipinski definition) is 2. The molecule has 0 aliphatic heterocycles. The van der Waals surface area contributed by atoms with E-state index in [9.17, 15) is 18.0 Å². The summed E-state index contributed by atoms with van der Waals surface area (Å²) in [6, 6.07) is 1.58. The highest BCUT2D eigenvalue weighted by molar-refractivity contribution is 7.12. The SMILES string of the molecule is O=C(NC1(C(F)(F)F)CC1)c1sccc1C#CCCO. The van der Waals surface area contributed by atoms with E-state index < -0.39 is 17.6 Å². The third-order valence-corrected chi connectivity index (χ3v) is 3.89. The maximum atomic E-state index is 12.8. The van der Waals surface area contributed by atoms with Gasteiger partial charge in [-0.15, -0.1) is 11.3 Å². The van der Waals surface area contributed by atoms with Crippen LogP contribution >= 0.6 is 11.3 Å². The first-order valence-corrected chi connectivity index (χ1v) is 6.84. The minimum atomic E-state index is -4.43. The smallest absolute Gasteiger partial charge is 0.395 e. The van der Waals surface area contributed by atoms with E-state index in [1.54, 1.807) is 11.4 Å². The molecule has 0 atom stereocenters. The van der Waals surface area contributed by atoms with Gasteiger partial charge in [0.2, 0.25) is 0 Å². The molecule has 0 bridgehead atoms. The Labute approximate surface area is 117 Å². The first-order valence-electron chi connectivity index (χ1n) is 5.96. The second-order valence-corrected chi connectivity index (χ2v) is 5.39. The molecule has 2 N–H and O–H groups in total. The Balaban J connectivity index is 2.12. The molecule has 1 heterocycles. The van der Waals surface area contributed by atoms with E-state index >= 15 is 0 Å². The first-order chi connectivity index (χ1) is 9.39. The van der Waals surface area contributed by atoms with Gasteiger partial charge in [0.05, 0.1) is 6.61 Å². The van der Waals surface area contributed by atoms with Gasteiger partial charge in [0.25, 0.3) is 5.91 Å². The van der Waals surface area contributed by atoms with Gasteiger partial charge in [-0.1, -0.05) is 11.8 Å². The van der Waals surface area contributed by atoms with Crippen molar-refractivity contribution in [2.75, 3.05) is 6.61 Å². The fraction of sp³-hybridized carbons (Fsp3) is 0.462. The summed E-state index contributed by atoms with van der Waals surface area (Å²) in [7, 11) is 0. The van der Waals surface area contributed by atoms with Crippen LogP contribution in [0.25, 0.3) is 0 Å². The Kier molecular flexibility index (Phi) is 4.06. The molecule has 1 amide bonds. The largest absolute Gasteiger partial charge is 0.411 e. The van der Waals surface area contributed by atoms with Crippen LogP contribution in [0.5, 0.6) is 0 Å². The molecular weight excluding hydrogens is 291 g/mol. The van der Waals surface area contributed by atoms with Crippen LogP contribution in [0.3, 0.4) is 0 Å². The van der Waals surface area contributed by atoms with Gasteiger partial charge in [0, 0.05) is 12.0 Å². The molecule has 1 aromatic rings. The quantitative estimate of drug-likeness (QED) is 0.842. The maximum Gasteiger partial charge on any atom is 0.411 e. The van der Waals surface area contributed by atoms with Crippen molar-refractivity contribution in [3.05, 3.63) is 21.9 Å². The number of hydrogen-bond acceptors (Lipinski definition) is 3. The number of aliphatic hydroxyl groups excluding tert-OH is 1. The zero-order valence-electron chi connectivity index (χ0n) is 10.4. The van der Waals surface area contributed by atoms with E-state index in [1.807, 2.05) is 0 Å². The molecule has 7 heteroatoms. The van der Waals surface area contributed by atoms with Gasteiger partial charge in [-0.05, 0) is 24.3 Å². The lowest BCUT2D eigenvalue weighted by Gasteiger charge is -2.20. The summed E-state index contributed by atoms with van der Waals surface area (Å²) in [5, 5.41) is 12.3. The molecule has 1 aliphatic rings. The molecule has 108 valence electrons. The fourth-order valence-corrected chi connectivity index (χ4v) is 2.42. The highest BCUT2D eigenvalue weighted by Gasteiger charge is 2.64. The van der Waals surface area contributed by atoms with E-state index in [0.29, 0.717) is 5.56 Å². The van der Waals surface area contributed by atoms with Gasteiger partial charge in [-0.25, -0.2) is 0 Å². The van der Waals surface area contributed by atoms with Crippen LogP contribution in [0.2, 0.25) is 0 Å². The van der Waals surface area contributed by atoms with E-state index in [-0.39, 0.29) is 30.7 Å². The van der Waals surface area contributed by atoms with Crippen molar-refractivity contribution in [2.24, 2.45) is 0 Å². The van der Waals surface area contributed by atoms with Gasteiger partial charge in [-0.3, -0.25) is 4.79 Å². The standard InChI is InChI=1S/C13H12F3NO2S/c14-13(15,16)12(5-6-12)17-11(19)10-9(4-8-20-10)3-1-2-7-18/h4,8,18H,2,5-7H2,(H,17,19). The Morgan fingerprint density at radius 1 is 1.50 bits per heavy atom. The second-order valence-electron chi connectivity index (χ2n) is 4.47. The molecule has 2 rings (SSSR count). The number of rotatable bonds is 3. The summed E-state index contributed by atoms with van der Waals surface area (Å²) in [6.45, 7) is -0.101. The Morgan fingerprint density at radius 2 is 2.20 bits per heavy atom. The average Bonchev–Trinajstić information content (AvgIpc) is 3.00. The molecule has 0 unspecified atom stereocenters. The van der Waals surface area contributed by atoms with Crippen LogP contribution in [0.15, 0.2) is 11.4 Å². The average molecular weight is 303 g/mol. The molecule has 3 nitrogen and oxygen atoms in total. The summed E-state index contributed by atoms with van der Waals surface area (Å²) in [5.41, 5.74) is -1.68. The third kappa shape index (κ3) is 2.97. The monoisotopic (exact) mass is 303 g/mol. The van der Waals surface area contributed by atoms with Crippen molar-refractivity contribution in [2.45, 2.75) is 31.0 Å². The summed E-state index contributed by atoms with van der Waals surface area (Å²) in [4.78, 5) is 12.1. The molecule has 0 radical (unpaired) electrons. The zero-order chi connectivity index (χ0) is 14.8. The van der Waals surface area contributed by atoms with Crippen LogP contribution in [-0.2, 0) is 0 Å². The number of aliphatic hydroxyl groups is 1. The van der Waals surface area contributed by atoms with Gasteiger partial charge in [-0.2, -0.15) is 13.2 Å². The summed E-state index contributed by atoms with van der Waals surface area (Å²) < 4.78 is 38.3. The van der Waals surface area contributed by atoms with E-state index in [4.69, 9.17) is 5.11 Å². The zero-order valence-corrected chi connectivity index (χ0v) is 11.2. The number of carbonyl (C=O) groups is 1. The molecule has 0 aromatic carbocycles. The van der Waals surface area contributed by atoms with Crippen LogP contribution in [-0.4, -0.2) is 29.3 Å². The van der Waals surface area contributed by atoms with Crippen molar-refractivity contribution in [3.63, 3.8) is 0 Å². The predicted molar refractivity (Wildman–Crippen MR) is 68.4 cm³/mol. The molecule has 0 saturated heterocycles. The Morgan fingerprint density at radius 3 is 2.75 bits per heavy atom. The highest BCUT2D eigenvalue weighted by atomic mass is 32.1. The second kappa shape index (κ2) is 5.46. The first kappa shape index (κ1) is 14.9. The topological polar surface area (TPSA) is 49.3 Å². The molecule has 0 spiro atoms. The van der Waals surface area contributed by atoms with Crippen LogP contribution in [0, 0.1) is 11.8 Å².